The third-order valence-electron chi connectivity index (χ3n) is 9.21. The van der Waals surface area contributed by atoms with Crippen molar-refractivity contribution in [2.75, 3.05) is 26.4 Å². The Hall–Kier alpha value is -5.86. The summed E-state index contributed by atoms with van der Waals surface area (Å²) in [5, 5.41) is 18.0. The molecule has 1 fully saturated rings. The van der Waals surface area contributed by atoms with Gasteiger partial charge in [0, 0.05) is 8.22 Å². The van der Waals surface area contributed by atoms with Crippen molar-refractivity contribution >= 4 is 11.9 Å². The highest BCUT2D eigenvalue weighted by molar-refractivity contribution is 5.84. The highest BCUT2D eigenvalue weighted by Gasteiger charge is 2.53. The molecular formula is C47H48N2O6. The van der Waals surface area contributed by atoms with Gasteiger partial charge in [0.25, 0.3) is 0 Å². The van der Waals surface area contributed by atoms with Crippen LogP contribution in [0, 0.1) is 46.2 Å². The van der Waals surface area contributed by atoms with Gasteiger partial charge in [0.1, 0.15) is 11.5 Å². The van der Waals surface area contributed by atoms with E-state index < -0.39 is 54.0 Å². The third-order valence-corrected chi connectivity index (χ3v) is 9.21. The first-order chi connectivity index (χ1) is 30.1. The summed E-state index contributed by atoms with van der Waals surface area (Å²) >= 11 is 0. The lowest BCUT2D eigenvalue weighted by atomic mass is 9.83. The molecule has 55 heavy (non-hydrogen) atoms. The lowest BCUT2D eigenvalue weighted by Crippen LogP contribution is -2.35. The summed E-state index contributed by atoms with van der Waals surface area (Å²) in [7, 11) is 0. The monoisotopic (exact) mass is 744 g/mol. The van der Waals surface area contributed by atoms with Crippen LogP contribution in [0.25, 0.3) is 22.3 Å². The molecule has 1 saturated carbocycles. The topological polar surface area (TPSA) is 119 Å². The van der Waals surface area contributed by atoms with Crippen molar-refractivity contribution in [3.05, 3.63) is 120 Å². The van der Waals surface area contributed by atoms with Crippen molar-refractivity contribution in [1.29, 1.82) is 10.5 Å². The van der Waals surface area contributed by atoms with E-state index in [1.165, 1.54) is 0 Å². The number of benzene rings is 4. The van der Waals surface area contributed by atoms with Crippen LogP contribution < -0.4 is 9.47 Å². The summed E-state index contributed by atoms with van der Waals surface area (Å²) in [6.07, 6.45) is 1.04. The lowest BCUT2D eigenvalue weighted by Gasteiger charge is -2.25. The highest BCUT2D eigenvalue weighted by Crippen LogP contribution is 2.49. The van der Waals surface area contributed by atoms with Gasteiger partial charge in [0.2, 0.25) is 0 Å². The molecule has 4 aromatic rings. The third kappa shape index (κ3) is 10.9. The van der Waals surface area contributed by atoms with E-state index in [-0.39, 0.29) is 13.2 Å². The zero-order valence-electron chi connectivity index (χ0n) is 38.6. The van der Waals surface area contributed by atoms with Gasteiger partial charge in [0.05, 0.1) is 64.2 Å². The van der Waals surface area contributed by atoms with Gasteiger partial charge in [-0.2, -0.15) is 10.5 Å². The number of esters is 2. The van der Waals surface area contributed by atoms with Crippen LogP contribution in [0.3, 0.4) is 0 Å². The number of carbonyl (C=O) groups is 2. The van der Waals surface area contributed by atoms with Gasteiger partial charge in [0.15, 0.2) is 0 Å². The summed E-state index contributed by atoms with van der Waals surface area (Å²) in [5.74, 6) is -15.3. The summed E-state index contributed by atoms with van der Waals surface area (Å²) in [5.41, 5.74) is 5.08. The van der Waals surface area contributed by atoms with Crippen LogP contribution in [0.1, 0.15) is 79.8 Å². The van der Waals surface area contributed by atoms with Gasteiger partial charge < -0.3 is 18.9 Å². The molecule has 282 valence electrons. The van der Waals surface area contributed by atoms with Crippen molar-refractivity contribution in [2.45, 2.75) is 57.7 Å². The van der Waals surface area contributed by atoms with Crippen LogP contribution in [0.15, 0.2) is 109 Å². The number of fused-ring (bicyclic) bond motifs is 2. The fourth-order valence-corrected chi connectivity index (χ4v) is 6.15. The first-order valence-electron chi connectivity index (χ1n) is 22.6. The van der Waals surface area contributed by atoms with Crippen molar-refractivity contribution in [1.82, 2.24) is 0 Å². The van der Waals surface area contributed by atoms with Gasteiger partial charge >= 0.3 is 11.9 Å². The van der Waals surface area contributed by atoms with Crippen LogP contribution >= 0.6 is 0 Å². The quantitative estimate of drug-likeness (QED) is 0.0499. The number of rotatable bonds is 20. The number of allylic oxidation sites excluding steroid dienone is 2. The number of nitriles is 2. The van der Waals surface area contributed by atoms with Crippen molar-refractivity contribution in [3.63, 3.8) is 0 Å². The predicted molar refractivity (Wildman–Crippen MR) is 211 cm³/mol. The number of unbranched alkanes of at least 4 members (excludes halogenated alkanes) is 6. The van der Waals surface area contributed by atoms with E-state index in [0.29, 0.717) is 87.2 Å². The van der Waals surface area contributed by atoms with Gasteiger partial charge in [-0.3, -0.25) is 9.59 Å². The van der Waals surface area contributed by atoms with Crippen molar-refractivity contribution in [3.8, 4) is 45.9 Å². The van der Waals surface area contributed by atoms with E-state index in [9.17, 15) is 12.3 Å². The number of hydrogen-bond donors (Lipinski definition) is 0. The number of carbonyl (C=O) groups excluding carboxylic acids is 2. The molecule has 0 aromatic heterocycles. The molecule has 0 heterocycles. The fraction of sp³-hybridized carbons (Fsp3) is 0.362. The standard InChI is InChI=1S/C47H48N2O6/c48-32-34-9-13-36(14-10-34)38-19-23-42(24-20-38)52-27-5-1-3-7-29-54-46(50)44-40-17-18-41(31-40)45(44)47(51)55-30-8-4-2-6-28-53-43-25-21-39(22-26-43)37-15-11-35(33-49)12-16-37/h9-26,40-41,44-45H,1-8,27-31H2/i17D,18D,31D2,40D,41D,44D,45D. The number of ether oxygens (including phenoxy) is 4. The average Bonchev–Trinajstić information content (AvgIpc) is 3.47. The Morgan fingerprint density at radius 1 is 0.545 bits per heavy atom. The second kappa shape index (κ2) is 20.0. The minimum Gasteiger partial charge on any atom is -0.494 e. The number of nitrogens with zero attached hydrogens (tertiary/aromatic N) is 2. The lowest BCUT2D eigenvalue weighted by molar-refractivity contribution is -0.161. The summed E-state index contributed by atoms with van der Waals surface area (Å²) in [6.45, 7) is 0.256. The van der Waals surface area contributed by atoms with Crippen molar-refractivity contribution in [2.24, 2.45) is 23.6 Å². The number of hydrogen-bond acceptors (Lipinski definition) is 8. The maximum absolute atomic E-state index is 13.8. The SMILES string of the molecule is [2H]C1=C([2H])C2([2H])C([2H])([2H])C1([2H])C([2H])(C(=O)OCCCCCCOc1ccc(-c3ccc(C#N)cc3)cc1)C2([2H])C(=O)OCCCCCCOc1ccc(-c2ccc(C#N)cc2)cc1. The minimum atomic E-state index is -3.44. The zero-order chi connectivity index (χ0) is 45.5. The summed E-state index contributed by atoms with van der Waals surface area (Å²) < 4.78 is 93.0. The Morgan fingerprint density at radius 3 is 1.22 bits per heavy atom. The highest BCUT2D eigenvalue weighted by atomic mass is 16.5. The Balaban J connectivity index is 0.948. The molecule has 4 aromatic carbocycles. The average molecular weight is 745 g/mol. The molecule has 2 bridgehead atoms. The van der Waals surface area contributed by atoms with Crippen LogP contribution in [-0.2, 0) is 19.1 Å². The van der Waals surface area contributed by atoms with Crippen LogP contribution in [0.5, 0.6) is 11.5 Å². The van der Waals surface area contributed by atoms with Crippen LogP contribution in [0.4, 0.5) is 0 Å². The first-order valence-corrected chi connectivity index (χ1v) is 18.6. The maximum atomic E-state index is 13.8. The molecule has 8 nitrogen and oxygen atoms in total. The smallest absolute Gasteiger partial charge is 0.310 e. The molecule has 8 heteroatoms. The molecule has 0 N–H and O–H groups in total. The van der Waals surface area contributed by atoms with E-state index in [1.807, 2.05) is 72.8 Å². The minimum absolute atomic E-state index is 0.287. The Kier molecular flexibility index (Phi) is 10.7. The molecule has 6 rings (SSSR count). The maximum Gasteiger partial charge on any atom is 0.310 e. The normalized spacial score (nSPS) is 26.7. The van der Waals surface area contributed by atoms with E-state index in [4.69, 9.17) is 37.7 Å². The molecule has 0 radical (unpaired) electrons. The van der Waals surface area contributed by atoms with Gasteiger partial charge in [-0.15, -0.1) is 0 Å². The van der Waals surface area contributed by atoms with E-state index in [1.54, 1.807) is 24.3 Å². The summed E-state index contributed by atoms with van der Waals surface area (Å²) in [4.78, 5) is 27.5. The molecular weight excluding hydrogens is 689 g/mol. The second-order valence-electron chi connectivity index (χ2n) is 13.1. The molecule has 0 spiro atoms. The fourth-order valence-electron chi connectivity index (χ4n) is 6.15. The Labute approximate surface area is 335 Å². The van der Waals surface area contributed by atoms with Crippen LogP contribution in [0.2, 0.25) is 0 Å². The molecule has 4 unspecified atom stereocenters. The molecule has 0 aliphatic heterocycles. The predicted octanol–water partition coefficient (Wildman–Crippen LogP) is 9.87. The largest absolute Gasteiger partial charge is 0.494 e. The van der Waals surface area contributed by atoms with E-state index in [0.717, 1.165) is 22.3 Å². The van der Waals surface area contributed by atoms with E-state index >= 15 is 0 Å². The van der Waals surface area contributed by atoms with Gasteiger partial charge in [-0.1, -0.05) is 60.6 Å². The van der Waals surface area contributed by atoms with Crippen molar-refractivity contribution < 1.29 is 39.5 Å². The summed E-state index contributed by atoms with van der Waals surface area (Å²) in [6, 6.07) is 31.6. The molecule has 0 saturated heterocycles. The van der Waals surface area contributed by atoms with Gasteiger partial charge in [-0.25, -0.2) is 0 Å². The molecule has 2 aliphatic rings. The first kappa shape index (κ1) is 29.5. The zero-order valence-corrected chi connectivity index (χ0v) is 30.6. The molecule has 4 atom stereocenters. The Bertz CT molecular complexity index is 2220. The van der Waals surface area contributed by atoms with Crippen LogP contribution in [-0.4, -0.2) is 38.4 Å². The van der Waals surface area contributed by atoms with E-state index in [2.05, 4.69) is 12.1 Å². The van der Waals surface area contributed by atoms with Gasteiger partial charge in [-0.05, 0) is 140 Å². The molecule has 0 amide bonds. The molecule has 2 aliphatic carbocycles. The second-order valence-corrected chi connectivity index (χ2v) is 13.1. The Morgan fingerprint density at radius 2 is 0.873 bits per heavy atom.